The van der Waals surface area contributed by atoms with Crippen LogP contribution >= 0.6 is 11.3 Å². The summed E-state index contributed by atoms with van der Waals surface area (Å²) in [5.41, 5.74) is 1.12. The molecule has 35 heavy (non-hydrogen) atoms. The van der Waals surface area contributed by atoms with Crippen molar-refractivity contribution in [1.82, 2.24) is 19.2 Å². The lowest BCUT2D eigenvalue weighted by Gasteiger charge is -2.33. The van der Waals surface area contributed by atoms with Crippen molar-refractivity contribution < 1.29 is 17.9 Å². The summed E-state index contributed by atoms with van der Waals surface area (Å²) in [6, 6.07) is 4.76. The summed E-state index contributed by atoms with van der Waals surface area (Å²) >= 11 is 1.65. The molecule has 9 nitrogen and oxygen atoms in total. The molecular formula is C24H28N4O5S2. The SMILES string of the molecule is C[C@@H]1CCc2c(sc3nc(CN4CCN(S(=O)(=O)c5ccc6c(c5)OCCO6)CC4)[nH]c(=O)c23)C1. The quantitative estimate of drug-likeness (QED) is 0.568. The van der Waals surface area contributed by atoms with Gasteiger partial charge >= 0.3 is 0 Å². The van der Waals surface area contributed by atoms with E-state index in [1.54, 1.807) is 29.5 Å². The third-order valence-electron chi connectivity index (χ3n) is 7.07. The molecule has 0 bridgehead atoms. The summed E-state index contributed by atoms with van der Waals surface area (Å²) in [7, 11) is -3.63. The van der Waals surface area contributed by atoms with Crippen LogP contribution < -0.4 is 15.0 Å². The van der Waals surface area contributed by atoms with Gasteiger partial charge in [-0.15, -0.1) is 11.3 Å². The van der Waals surface area contributed by atoms with Gasteiger partial charge in [0, 0.05) is 37.1 Å². The molecule has 1 saturated heterocycles. The maximum Gasteiger partial charge on any atom is 0.259 e. The van der Waals surface area contributed by atoms with Crippen LogP contribution in [0.3, 0.4) is 0 Å². The number of piperazine rings is 1. The number of hydrogen-bond donors (Lipinski definition) is 1. The standard InChI is InChI=1S/C24H28N4O5S2/c1-15-2-4-17-20(12-15)34-24-22(17)23(29)25-21(26-24)14-27-6-8-28(9-7-27)35(30,31)16-3-5-18-19(13-16)33-11-10-32-18/h3,5,13,15H,2,4,6-12,14H2,1H3,(H,25,26,29)/t15-/m1/s1. The van der Waals surface area contributed by atoms with Crippen molar-refractivity contribution in [2.24, 2.45) is 5.92 Å². The minimum Gasteiger partial charge on any atom is -0.486 e. The van der Waals surface area contributed by atoms with Crippen LogP contribution in [0.15, 0.2) is 27.9 Å². The van der Waals surface area contributed by atoms with Gasteiger partial charge in [0.15, 0.2) is 11.5 Å². The van der Waals surface area contributed by atoms with E-state index in [4.69, 9.17) is 14.5 Å². The zero-order chi connectivity index (χ0) is 24.2. The predicted octanol–water partition coefficient (Wildman–Crippen LogP) is 2.39. The van der Waals surface area contributed by atoms with Gasteiger partial charge in [-0.1, -0.05) is 6.92 Å². The smallest absolute Gasteiger partial charge is 0.259 e. The second kappa shape index (κ2) is 8.88. The van der Waals surface area contributed by atoms with Crippen LogP contribution in [0.2, 0.25) is 0 Å². The van der Waals surface area contributed by atoms with E-state index in [9.17, 15) is 13.2 Å². The Bertz CT molecular complexity index is 1440. The Kier molecular flexibility index (Phi) is 5.82. The largest absolute Gasteiger partial charge is 0.486 e. The van der Waals surface area contributed by atoms with Crippen molar-refractivity contribution >= 4 is 31.6 Å². The number of rotatable bonds is 4. The number of fused-ring (bicyclic) bond motifs is 4. The molecule has 0 unspecified atom stereocenters. The maximum absolute atomic E-state index is 13.2. The normalized spacial score (nSPS) is 21.2. The first kappa shape index (κ1) is 23.0. The van der Waals surface area contributed by atoms with Crippen LogP contribution in [0, 0.1) is 5.92 Å². The zero-order valence-corrected chi connectivity index (χ0v) is 21.2. The molecule has 0 saturated carbocycles. The van der Waals surface area contributed by atoms with Gasteiger partial charge in [-0.3, -0.25) is 9.69 Å². The lowest BCUT2D eigenvalue weighted by molar-refractivity contribution is 0.170. The molecular weight excluding hydrogens is 488 g/mol. The van der Waals surface area contributed by atoms with Crippen LogP contribution in [-0.4, -0.2) is 67.0 Å². The Balaban J connectivity index is 1.15. The van der Waals surface area contributed by atoms with Crippen molar-refractivity contribution in [3.05, 3.63) is 44.8 Å². The number of nitrogens with one attached hydrogen (secondary N) is 1. The number of aromatic nitrogens is 2. The van der Waals surface area contributed by atoms with E-state index in [1.807, 2.05) is 0 Å². The molecule has 3 aromatic rings. The van der Waals surface area contributed by atoms with Crippen LogP contribution in [0.1, 0.15) is 29.6 Å². The second-order valence-corrected chi connectivity index (χ2v) is 12.6. The molecule has 11 heteroatoms. The van der Waals surface area contributed by atoms with Gasteiger partial charge in [0.25, 0.3) is 5.56 Å². The Morgan fingerprint density at radius 2 is 1.91 bits per heavy atom. The summed E-state index contributed by atoms with van der Waals surface area (Å²) < 4.78 is 39.0. The highest BCUT2D eigenvalue weighted by molar-refractivity contribution is 7.89. The number of aryl methyl sites for hydroxylation is 1. The maximum atomic E-state index is 13.2. The molecule has 0 radical (unpaired) electrons. The van der Waals surface area contributed by atoms with Gasteiger partial charge in [-0.05, 0) is 42.9 Å². The first-order chi connectivity index (χ1) is 16.9. The Hall–Kier alpha value is -2.47. The monoisotopic (exact) mass is 516 g/mol. The number of thiophene rings is 1. The average molecular weight is 517 g/mol. The minimum absolute atomic E-state index is 0.0584. The third-order valence-corrected chi connectivity index (χ3v) is 10.1. The third kappa shape index (κ3) is 4.24. The van der Waals surface area contributed by atoms with E-state index in [1.165, 1.54) is 14.7 Å². The van der Waals surface area contributed by atoms with E-state index in [0.717, 1.165) is 29.5 Å². The van der Waals surface area contributed by atoms with Crippen LogP contribution in [0.25, 0.3) is 10.2 Å². The summed E-state index contributed by atoms with van der Waals surface area (Å²) in [5, 5.41) is 0.760. The van der Waals surface area contributed by atoms with Crippen molar-refractivity contribution in [2.45, 2.75) is 37.6 Å². The number of hydrogen-bond acceptors (Lipinski definition) is 8. The molecule has 6 rings (SSSR count). The van der Waals surface area contributed by atoms with Crippen molar-refractivity contribution in [1.29, 1.82) is 0 Å². The highest BCUT2D eigenvalue weighted by atomic mass is 32.2. The van der Waals surface area contributed by atoms with Crippen LogP contribution in [0.5, 0.6) is 11.5 Å². The number of sulfonamides is 1. The molecule has 1 atom stereocenters. The molecule has 1 N–H and O–H groups in total. The molecule has 186 valence electrons. The Morgan fingerprint density at radius 3 is 2.71 bits per heavy atom. The topological polar surface area (TPSA) is 105 Å². The number of nitrogens with zero attached hydrogens (tertiary/aromatic N) is 3. The molecule has 2 aliphatic heterocycles. The molecule has 3 aliphatic rings. The molecule has 1 aliphatic carbocycles. The van der Waals surface area contributed by atoms with Crippen molar-refractivity contribution in [3.63, 3.8) is 0 Å². The summed E-state index contributed by atoms with van der Waals surface area (Å²) in [4.78, 5) is 25.1. The van der Waals surface area contributed by atoms with Crippen molar-refractivity contribution in [2.75, 3.05) is 39.4 Å². The van der Waals surface area contributed by atoms with E-state index >= 15 is 0 Å². The first-order valence-electron chi connectivity index (χ1n) is 12.0. The van der Waals surface area contributed by atoms with Crippen molar-refractivity contribution in [3.8, 4) is 11.5 Å². The molecule has 1 aromatic carbocycles. The lowest BCUT2D eigenvalue weighted by atomic mass is 9.89. The number of aromatic amines is 1. The molecule has 1 fully saturated rings. The minimum atomic E-state index is -3.63. The van der Waals surface area contributed by atoms with E-state index < -0.39 is 10.0 Å². The van der Waals surface area contributed by atoms with E-state index in [2.05, 4.69) is 16.8 Å². The van der Waals surface area contributed by atoms with Gasteiger partial charge in [0.05, 0.1) is 16.8 Å². The number of ether oxygens (including phenoxy) is 2. The predicted molar refractivity (Wildman–Crippen MR) is 133 cm³/mol. The highest BCUT2D eigenvalue weighted by Crippen LogP contribution is 2.36. The zero-order valence-electron chi connectivity index (χ0n) is 19.6. The molecule has 0 amide bonds. The fourth-order valence-electron chi connectivity index (χ4n) is 5.14. The van der Waals surface area contributed by atoms with E-state index in [-0.39, 0.29) is 10.5 Å². The summed E-state index contributed by atoms with van der Waals surface area (Å²) in [6.07, 6.45) is 3.07. The Morgan fingerprint density at radius 1 is 1.14 bits per heavy atom. The summed E-state index contributed by atoms with van der Waals surface area (Å²) in [6.45, 7) is 5.47. The van der Waals surface area contributed by atoms with Gasteiger partial charge in [0.1, 0.15) is 23.9 Å². The van der Waals surface area contributed by atoms with Gasteiger partial charge in [-0.25, -0.2) is 13.4 Å². The highest BCUT2D eigenvalue weighted by Gasteiger charge is 2.30. The molecule has 2 aromatic heterocycles. The van der Waals surface area contributed by atoms with Crippen LogP contribution in [0.4, 0.5) is 0 Å². The van der Waals surface area contributed by atoms with Crippen LogP contribution in [-0.2, 0) is 29.4 Å². The van der Waals surface area contributed by atoms with E-state index in [0.29, 0.717) is 69.2 Å². The second-order valence-electron chi connectivity index (χ2n) is 9.53. The van der Waals surface area contributed by atoms with Gasteiger partial charge < -0.3 is 14.5 Å². The lowest BCUT2D eigenvalue weighted by Crippen LogP contribution is -2.48. The van der Waals surface area contributed by atoms with Gasteiger partial charge in [-0.2, -0.15) is 4.31 Å². The molecule has 0 spiro atoms. The summed E-state index contributed by atoms with van der Waals surface area (Å²) in [5.74, 6) is 2.31. The molecule has 4 heterocycles. The fourth-order valence-corrected chi connectivity index (χ4v) is 7.98. The first-order valence-corrected chi connectivity index (χ1v) is 14.3. The number of benzene rings is 1. The Labute approximate surface area is 207 Å². The average Bonchev–Trinajstić information content (AvgIpc) is 3.21. The fraction of sp³-hybridized carbons (Fsp3) is 0.500. The van der Waals surface area contributed by atoms with Gasteiger partial charge in [0.2, 0.25) is 10.0 Å². The number of H-pyrrole nitrogens is 1.